The number of carbonyl (C=O) groups excluding carboxylic acids is 1. The summed E-state index contributed by atoms with van der Waals surface area (Å²) in [5.41, 5.74) is 4.06. The van der Waals surface area contributed by atoms with Gasteiger partial charge in [0.15, 0.2) is 11.0 Å². The molecule has 1 aliphatic heterocycles. The molecule has 47 heavy (non-hydrogen) atoms. The summed E-state index contributed by atoms with van der Waals surface area (Å²) in [6.45, 7) is 8.57. The van der Waals surface area contributed by atoms with Crippen LogP contribution in [0.15, 0.2) is 78.0 Å². The molecule has 0 spiro atoms. The lowest BCUT2D eigenvalue weighted by molar-refractivity contribution is -0.274. The monoisotopic (exact) mass is 668 g/mol. The van der Waals surface area contributed by atoms with E-state index in [-0.39, 0.29) is 29.4 Å². The van der Waals surface area contributed by atoms with Crippen LogP contribution in [-0.4, -0.2) is 50.7 Å². The Morgan fingerprint density at radius 3 is 2.49 bits per heavy atom. The van der Waals surface area contributed by atoms with Crippen molar-refractivity contribution in [1.82, 2.24) is 20.1 Å². The van der Waals surface area contributed by atoms with Gasteiger partial charge in [0.05, 0.1) is 5.69 Å². The van der Waals surface area contributed by atoms with Crippen molar-refractivity contribution in [2.75, 3.05) is 17.2 Å². The maximum absolute atomic E-state index is 14.1. The van der Waals surface area contributed by atoms with Crippen LogP contribution in [0.5, 0.6) is 5.75 Å². The van der Waals surface area contributed by atoms with Gasteiger partial charge in [0.25, 0.3) is 0 Å². The molecular formula is C34H36F4N6O2S. The van der Waals surface area contributed by atoms with Gasteiger partial charge in [-0.05, 0) is 79.3 Å². The summed E-state index contributed by atoms with van der Waals surface area (Å²) in [4.78, 5) is 23.9. The Balaban J connectivity index is 1.24. The number of alkyl halides is 3. The number of nitrogens with zero attached hydrogens (tertiary/aromatic N) is 5. The molecule has 2 atom stereocenters. The Morgan fingerprint density at radius 1 is 1.11 bits per heavy atom. The van der Waals surface area contributed by atoms with Crippen molar-refractivity contribution in [2.24, 2.45) is 4.99 Å². The second kappa shape index (κ2) is 14.6. The van der Waals surface area contributed by atoms with E-state index in [1.165, 1.54) is 53.1 Å². The number of aromatic nitrogens is 3. The second-order valence-corrected chi connectivity index (χ2v) is 12.6. The largest absolute Gasteiger partial charge is 0.573 e. The number of amidine groups is 1. The maximum Gasteiger partial charge on any atom is 0.573 e. The molecule has 1 fully saturated rings. The molecule has 0 radical (unpaired) electrons. The summed E-state index contributed by atoms with van der Waals surface area (Å²) in [6.07, 6.45) is -1.58. The number of hydrogen-bond donors (Lipinski definition) is 1. The summed E-state index contributed by atoms with van der Waals surface area (Å²) < 4.78 is 56.9. The van der Waals surface area contributed by atoms with Gasteiger partial charge < -0.3 is 15.0 Å². The first-order valence-corrected chi connectivity index (χ1v) is 16.4. The Bertz CT molecular complexity index is 1710. The SMILES string of the molecule is CCC(CNC(=O)N=C1SCCC(C)N1c1ccc(F)cc1C(C)C)c1ccc(-c2ncn(-c3ccc(OC(F)(F)F)cc3)n2)cc1. The molecule has 3 aromatic carbocycles. The van der Waals surface area contributed by atoms with Gasteiger partial charge >= 0.3 is 12.4 Å². The lowest BCUT2D eigenvalue weighted by Gasteiger charge is -2.37. The fourth-order valence-electron chi connectivity index (χ4n) is 5.40. The first kappa shape index (κ1) is 34.0. The summed E-state index contributed by atoms with van der Waals surface area (Å²) in [5.74, 6) is 0.816. The first-order chi connectivity index (χ1) is 22.4. The highest BCUT2D eigenvalue weighted by molar-refractivity contribution is 8.14. The number of aliphatic imine (C=N–C) groups is 1. The Labute approximate surface area is 275 Å². The van der Waals surface area contributed by atoms with Crippen LogP contribution >= 0.6 is 11.8 Å². The number of benzene rings is 3. The van der Waals surface area contributed by atoms with Crippen molar-refractivity contribution in [1.29, 1.82) is 0 Å². The van der Waals surface area contributed by atoms with E-state index in [1.54, 1.807) is 12.1 Å². The molecule has 0 aliphatic carbocycles. The summed E-state index contributed by atoms with van der Waals surface area (Å²) in [5, 5.41) is 8.04. The van der Waals surface area contributed by atoms with E-state index >= 15 is 0 Å². The van der Waals surface area contributed by atoms with Crippen molar-refractivity contribution in [3.8, 4) is 22.8 Å². The number of thioether (sulfide) groups is 1. The fourth-order valence-corrected chi connectivity index (χ4v) is 6.61. The number of ether oxygens (including phenoxy) is 1. The van der Waals surface area contributed by atoms with E-state index in [2.05, 4.69) is 32.1 Å². The first-order valence-electron chi connectivity index (χ1n) is 15.4. The number of hydrogen-bond acceptors (Lipinski definition) is 5. The van der Waals surface area contributed by atoms with Gasteiger partial charge in [0.1, 0.15) is 17.9 Å². The van der Waals surface area contributed by atoms with Gasteiger partial charge in [0, 0.05) is 35.5 Å². The lowest BCUT2D eigenvalue weighted by Crippen LogP contribution is -2.43. The smallest absolute Gasteiger partial charge is 0.406 e. The minimum atomic E-state index is -4.76. The minimum absolute atomic E-state index is 0.0369. The van der Waals surface area contributed by atoms with Crippen LogP contribution in [0.25, 0.3) is 17.1 Å². The molecule has 4 aromatic rings. The van der Waals surface area contributed by atoms with Crippen LogP contribution in [0.4, 0.5) is 28.0 Å². The number of anilines is 1. The molecule has 2 heterocycles. The molecule has 1 aliphatic rings. The summed E-state index contributed by atoms with van der Waals surface area (Å²) in [6, 6.07) is 17.5. The fraction of sp³-hybridized carbons (Fsp3) is 0.353. The number of amides is 2. The number of urea groups is 1. The van der Waals surface area contributed by atoms with E-state index in [4.69, 9.17) is 0 Å². The molecule has 0 bridgehead atoms. The Kier molecular flexibility index (Phi) is 10.5. The predicted molar refractivity (Wildman–Crippen MR) is 177 cm³/mol. The molecule has 8 nitrogen and oxygen atoms in total. The molecule has 13 heteroatoms. The third kappa shape index (κ3) is 8.51. The molecule has 1 N–H and O–H groups in total. The topological polar surface area (TPSA) is 84.6 Å². The van der Waals surface area contributed by atoms with Crippen LogP contribution in [0, 0.1) is 5.82 Å². The van der Waals surface area contributed by atoms with E-state index in [1.807, 2.05) is 49.9 Å². The number of rotatable bonds is 9. The van der Waals surface area contributed by atoms with Crippen molar-refractivity contribution in [3.63, 3.8) is 0 Å². The van der Waals surface area contributed by atoms with Crippen molar-refractivity contribution in [2.45, 2.75) is 64.8 Å². The highest BCUT2D eigenvalue weighted by atomic mass is 32.2. The average molecular weight is 669 g/mol. The van der Waals surface area contributed by atoms with E-state index in [0.717, 1.165) is 41.0 Å². The highest BCUT2D eigenvalue weighted by Gasteiger charge is 2.31. The molecule has 1 aromatic heterocycles. The molecular weight excluding hydrogens is 632 g/mol. The normalized spacial score (nSPS) is 16.8. The van der Waals surface area contributed by atoms with Gasteiger partial charge in [-0.2, -0.15) is 4.99 Å². The molecule has 2 amide bonds. The molecule has 248 valence electrons. The quantitative estimate of drug-likeness (QED) is 0.180. The Hall–Kier alpha value is -4.39. The second-order valence-electron chi connectivity index (χ2n) is 11.6. The average Bonchev–Trinajstić information content (AvgIpc) is 3.52. The highest BCUT2D eigenvalue weighted by Crippen LogP contribution is 2.35. The Morgan fingerprint density at radius 2 is 1.83 bits per heavy atom. The van der Waals surface area contributed by atoms with Crippen LogP contribution in [-0.2, 0) is 0 Å². The van der Waals surface area contributed by atoms with Crippen molar-refractivity contribution >= 4 is 28.6 Å². The van der Waals surface area contributed by atoms with Gasteiger partial charge in [-0.25, -0.2) is 18.9 Å². The molecule has 2 unspecified atom stereocenters. The molecule has 1 saturated heterocycles. The van der Waals surface area contributed by atoms with Gasteiger partial charge in [-0.1, -0.05) is 56.8 Å². The van der Waals surface area contributed by atoms with Crippen LogP contribution in [0.3, 0.4) is 0 Å². The van der Waals surface area contributed by atoms with E-state index < -0.39 is 12.4 Å². The third-order valence-corrected chi connectivity index (χ3v) is 8.93. The van der Waals surface area contributed by atoms with E-state index in [0.29, 0.717) is 23.2 Å². The van der Waals surface area contributed by atoms with Gasteiger partial charge in [-0.15, -0.1) is 18.3 Å². The number of halogens is 4. The van der Waals surface area contributed by atoms with E-state index in [9.17, 15) is 22.4 Å². The van der Waals surface area contributed by atoms with Crippen molar-refractivity contribution < 1.29 is 27.1 Å². The van der Waals surface area contributed by atoms with Crippen LogP contribution < -0.4 is 15.0 Å². The number of carbonyl (C=O) groups is 1. The third-order valence-electron chi connectivity index (χ3n) is 7.94. The predicted octanol–water partition coefficient (Wildman–Crippen LogP) is 8.69. The zero-order valence-electron chi connectivity index (χ0n) is 26.5. The maximum atomic E-state index is 14.1. The van der Waals surface area contributed by atoms with Crippen molar-refractivity contribution in [3.05, 3.63) is 90.0 Å². The van der Waals surface area contributed by atoms with Gasteiger partial charge in [0.2, 0.25) is 0 Å². The molecule has 0 saturated carbocycles. The standard InChI is InChI=1S/C34H36F4N6O2S/c1-5-23(19-39-32(45)41-33-44(22(4)16-17-47-33)30-15-10-26(35)18-29(30)21(2)3)24-6-8-25(9-7-24)31-40-20-43(42-31)27-11-13-28(14-12-27)46-34(36,37)38/h6-15,18,20-23H,5,16-17,19H2,1-4H3,(H,39,45). The lowest BCUT2D eigenvalue weighted by atomic mass is 9.95. The zero-order chi connectivity index (χ0) is 33.7. The summed E-state index contributed by atoms with van der Waals surface area (Å²) in [7, 11) is 0. The van der Waals surface area contributed by atoms with Crippen LogP contribution in [0.2, 0.25) is 0 Å². The van der Waals surface area contributed by atoms with Gasteiger partial charge in [-0.3, -0.25) is 0 Å². The minimum Gasteiger partial charge on any atom is -0.406 e. The van der Waals surface area contributed by atoms with Crippen LogP contribution in [0.1, 0.15) is 63.5 Å². The zero-order valence-corrected chi connectivity index (χ0v) is 27.3. The molecule has 5 rings (SSSR count). The summed E-state index contributed by atoms with van der Waals surface area (Å²) >= 11 is 1.52. The number of nitrogens with one attached hydrogen (secondary N) is 1.